The quantitative estimate of drug-likeness (QED) is 0.649. The molecule has 7 heteroatoms. The van der Waals surface area contributed by atoms with E-state index in [4.69, 9.17) is 4.74 Å². The molecule has 0 bridgehead atoms. The zero-order valence-electron chi connectivity index (χ0n) is 17.5. The smallest absolute Gasteiger partial charge is 0.252 e. The lowest BCUT2D eigenvalue weighted by atomic mass is 9.92. The average molecular weight is 397 g/mol. The molecule has 0 N–H and O–H groups in total. The van der Waals surface area contributed by atoms with Crippen molar-refractivity contribution in [2.24, 2.45) is 0 Å². The molecule has 2 aromatic heterocycles. The molecule has 3 heterocycles. The van der Waals surface area contributed by atoms with Gasteiger partial charge in [-0.05, 0) is 49.9 Å². The van der Waals surface area contributed by atoms with E-state index in [2.05, 4.69) is 39.9 Å². The molecule has 0 aliphatic carbocycles. The second-order valence-electron chi connectivity index (χ2n) is 8.20. The number of halogens is 1. The van der Waals surface area contributed by atoms with Gasteiger partial charge in [0.05, 0.1) is 12.8 Å². The maximum absolute atomic E-state index is 14.9. The number of ether oxygens (including phenoxy) is 1. The Morgan fingerprint density at radius 1 is 1.28 bits per heavy atom. The van der Waals surface area contributed by atoms with Crippen LogP contribution in [0.4, 0.5) is 4.39 Å². The molecule has 1 atom stereocenters. The highest BCUT2D eigenvalue weighted by Crippen LogP contribution is 2.32. The lowest BCUT2D eigenvalue weighted by molar-refractivity contribution is 0.194. The summed E-state index contributed by atoms with van der Waals surface area (Å²) in [7, 11) is 1.58. The molecule has 1 aliphatic rings. The van der Waals surface area contributed by atoms with Gasteiger partial charge in [-0.25, -0.2) is 13.9 Å². The van der Waals surface area contributed by atoms with Crippen molar-refractivity contribution in [3.63, 3.8) is 0 Å². The highest BCUT2D eigenvalue weighted by Gasteiger charge is 2.26. The number of nitrogens with zero attached hydrogens (tertiary/aromatic N) is 5. The highest BCUT2D eigenvalue weighted by molar-refractivity contribution is 5.39. The summed E-state index contributed by atoms with van der Waals surface area (Å²) >= 11 is 0. The minimum absolute atomic E-state index is 0.186. The fourth-order valence-electron chi connectivity index (χ4n) is 4.35. The predicted molar refractivity (Wildman–Crippen MR) is 110 cm³/mol. The van der Waals surface area contributed by atoms with Gasteiger partial charge in [-0.3, -0.25) is 4.90 Å². The van der Waals surface area contributed by atoms with Gasteiger partial charge in [0, 0.05) is 36.3 Å². The highest BCUT2D eigenvalue weighted by atomic mass is 19.1. The molecule has 0 amide bonds. The number of fused-ring (bicyclic) bond motifs is 1. The Balaban J connectivity index is 1.61. The van der Waals surface area contributed by atoms with E-state index >= 15 is 0 Å². The van der Waals surface area contributed by atoms with E-state index in [1.54, 1.807) is 13.4 Å². The number of aromatic nitrogens is 4. The van der Waals surface area contributed by atoms with E-state index < -0.39 is 0 Å². The van der Waals surface area contributed by atoms with Crippen LogP contribution in [0.2, 0.25) is 0 Å². The van der Waals surface area contributed by atoms with Gasteiger partial charge in [-0.15, -0.1) is 0 Å². The first-order valence-electron chi connectivity index (χ1n) is 10.2. The molecular weight excluding hydrogens is 369 g/mol. The Hall–Kier alpha value is -2.54. The third-order valence-corrected chi connectivity index (χ3v) is 5.77. The van der Waals surface area contributed by atoms with Crippen LogP contribution >= 0.6 is 0 Å². The van der Waals surface area contributed by atoms with Crippen LogP contribution in [-0.4, -0.2) is 44.7 Å². The molecule has 0 radical (unpaired) electrons. The number of hydrogen-bond acceptors (Lipinski definition) is 5. The lowest BCUT2D eigenvalue weighted by Crippen LogP contribution is -2.35. The van der Waals surface area contributed by atoms with Crippen LogP contribution in [0, 0.1) is 12.7 Å². The maximum atomic E-state index is 14.9. The molecule has 0 spiro atoms. The Labute approximate surface area is 170 Å². The molecule has 154 valence electrons. The van der Waals surface area contributed by atoms with E-state index in [-0.39, 0.29) is 11.7 Å². The monoisotopic (exact) mass is 397 g/mol. The molecule has 1 unspecified atom stereocenters. The van der Waals surface area contributed by atoms with Crippen molar-refractivity contribution >= 4 is 5.78 Å². The Bertz CT molecular complexity index is 1020. The van der Waals surface area contributed by atoms with Gasteiger partial charge in [0.15, 0.2) is 0 Å². The van der Waals surface area contributed by atoms with E-state index in [0.29, 0.717) is 24.0 Å². The topological polar surface area (TPSA) is 55.5 Å². The normalized spacial score (nSPS) is 17.9. The zero-order chi connectivity index (χ0) is 20.5. The first-order valence-corrected chi connectivity index (χ1v) is 10.2. The Kier molecular flexibility index (Phi) is 5.50. The van der Waals surface area contributed by atoms with Crippen molar-refractivity contribution in [1.29, 1.82) is 0 Å². The molecule has 29 heavy (non-hydrogen) atoms. The van der Waals surface area contributed by atoms with Gasteiger partial charge in [0.25, 0.3) is 5.78 Å². The summed E-state index contributed by atoms with van der Waals surface area (Å²) in [4.78, 5) is 11.0. The first-order chi connectivity index (χ1) is 14.0. The van der Waals surface area contributed by atoms with Crippen molar-refractivity contribution in [3.05, 3.63) is 52.9 Å². The van der Waals surface area contributed by atoms with E-state index in [0.717, 1.165) is 48.4 Å². The molecule has 6 nitrogen and oxygen atoms in total. The minimum atomic E-state index is -0.186. The van der Waals surface area contributed by atoms with Gasteiger partial charge in [-0.1, -0.05) is 13.8 Å². The van der Waals surface area contributed by atoms with Crippen LogP contribution in [-0.2, 0) is 6.54 Å². The third-order valence-electron chi connectivity index (χ3n) is 5.77. The maximum Gasteiger partial charge on any atom is 0.252 e. The van der Waals surface area contributed by atoms with Gasteiger partial charge in [0.2, 0.25) is 0 Å². The van der Waals surface area contributed by atoms with Crippen LogP contribution in [0.3, 0.4) is 0 Å². The van der Waals surface area contributed by atoms with E-state index in [1.165, 1.54) is 6.07 Å². The fraction of sp³-hybridized carbons (Fsp3) is 0.500. The number of methoxy groups -OCH3 is 1. The average Bonchev–Trinajstić information content (AvgIpc) is 3.17. The van der Waals surface area contributed by atoms with Gasteiger partial charge in [0.1, 0.15) is 17.9 Å². The molecule has 0 saturated carbocycles. The number of piperidine rings is 1. The molecular formula is C22H28FN5O. The SMILES string of the molecule is COc1cc(F)c(CN2CCCC(c3cc(C)nc4ncnn34)C2)c(C(C)C)c1. The molecule has 1 aliphatic heterocycles. The molecule has 1 aromatic carbocycles. The molecule has 3 aromatic rings. The van der Waals surface area contributed by atoms with Crippen LogP contribution < -0.4 is 4.74 Å². The molecule has 1 fully saturated rings. The standard InChI is InChI=1S/C22H28FN5O/c1-14(2)18-9-17(29-4)10-20(23)19(18)12-27-7-5-6-16(11-27)21-8-15(3)26-22-24-13-25-28(21)22/h8-10,13-14,16H,5-7,11-12H2,1-4H3. The molecule has 4 rings (SSSR count). The lowest BCUT2D eigenvalue weighted by Gasteiger charge is -2.33. The second kappa shape index (κ2) is 8.06. The number of aryl methyl sites for hydroxylation is 1. The fourth-order valence-corrected chi connectivity index (χ4v) is 4.35. The van der Waals surface area contributed by atoms with Gasteiger partial charge >= 0.3 is 0 Å². The predicted octanol–water partition coefficient (Wildman–Crippen LogP) is 4.08. The van der Waals surface area contributed by atoms with Crippen molar-refractivity contribution in [2.75, 3.05) is 20.2 Å². The number of benzene rings is 1. The second-order valence-corrected chi connectivity index (χ2v) is 8.20. The summed E-state index contributed by atoms with van der Waals surface area (Å²) in [6, 6.07) is 5.56. The first kappa shape index (κ1) is 19.8. The zero-order valence-corrected chi connectivity index (χ0v) is 17.5. The van der Waals surface area contributed by atoms with Crippen molar-refractivity contribution in [3.8, 4) is 5.75 Å². The van der Waals surface area contributed by atoms with Crippen LogP contribution in [0.25, 0.3) is 5.78 Å². The van der Waals surface area contributed by atoms with Crippen molar-refractivity contribution in [1.82, 2.24) is 24.5 Å². The largest absolute Gasteiger partial charge is 0.497 e. The summed E-state index contributed by atoms with van der Waals surface area (Å²) in [5, 5.41) is 4.37. The minimum Gasteiger partial charge on any atom is -0.497 e. The van der Waals surface area contributed by atoms with E-state index in [9.17, 15) is 4.39 Å². The third kappa shape index (κ3) is 3.96. The summed E-state index contributed by atoms with van der Waals surface area (Å²) in [5.74, 6) is 1.58. The number of hydrogen-bond donors (Lipinski definition) is 0. The van der Waals surface area contributed by atoms with Crippen molar-refractivity contribution in [2.45, 2.75) is 52.0 Å². The summed E-state index contributed by atoms with van der Waals surface area (Å²) < 4.78 is 22.0. The van der Waals surface area contributed by atoms with Crippen LogP contribution in [0.15, 0.2) is 24.5 Å². The van der Waals surface area contributed by atoms with Crippen LogP contribution in [0.5, 0.6) is 5.75 Å². The van der Waals surface area contributed by atoms with Gasteiger partial charge < -0.3 is 4.74 Å². The Morgan fingerprint density at radius 3 is 2.86 bits per heavy atom. The summed E-state index contributed by atoms with van der Waals surface area (Å²) in [5.41, 5.74) is 3.87. The van der Waals surface area contributed by atoms with E-state index in [1.807, 2.05) is 17.5 Å². The molecule has 1 saturated heterocycles. The van der Waals surface area contributed by atoms with Crippen LogP contribution in [0.1, 0.15) is 61.0 Å². The summed E-state index contributed by atoms with van der Waals surface area (Å²) in [6.07, 6.45) is 3.70. The number of likely N-dealkylation sites (tertiary alicyclic amines) is 1. The Morgan fingerprint density at radius 2 is 2.10 bits per heavy atom. The number of rotatable bonds is 5. The van der Waals surface area contributed by atoms with Crippen molar-refractivity contribution < 1.29 is 9.13 Å². The summed E-state index contributed by atoms with van der Waals surface area (Å²) in [6.45, 7) is 8.60. The van der Waals surface area contributed by atoms with Gasteiger partial charge in [-0.2, -0.15) is 10.1 Å².